The topological polar surface area (TPSA) is 39.2 Å². The van der Waals surface area contributed by atoms with Crippen molar-refractivity contribution >= 4 is 28.6 Å². The minimum absolute atomic E-state index is 0.337. The van der Waals surface area contributed by atoms with Crippen LogP contribution in [0.5, 0.6) is 0 Å². The summed E-state index contributed by atoms with van der Waals surface area (Å²) in [6.45, 7) is 2.17. The molecule has 2 rings (SSSR count). The van der Waals surface area contributed by atoms with Crippen LogP contribution in [0.3, 0.4) is 0 Å². The molecule has 2 heterocycles. The van der Waals surface area contributed by atoms with Gasteiger partial charge in [-0.05, 0) is 18.4 Å². The Labute approximate surface area is 102 Å². The van der Waals surface area contributed by atoms with Crippen LogP contribution in [0, 0.1) is 0 Å². The molecule has 0 bridgehead atoms. The van der Waals surface area contributed by atoms with E-state index in [9.17, 15) is 4.79 Å². The molecule has 84 valence electrons. The van der Waals surface area contributed by atoms with Crippen molar-refractivity contribution < 1.29 is 9.53 Å². The standard InChI is InChI=1S/C11H11NO2S2/c1-2-14-11(13)9-7-16-10(12-9)6-8-4-3-5-15-8/h3-5,7H,2,6H2,1H3. The third kappa shape index (κ3) is 2.68. The predicted octanol–water partition coefficient (Wildman–Crippen LogP) is 2.97. The van der Waals surface area contributed by atoms with Gasteiger partial charge < -0.3 is 4.74 Å². The lowest BCUT2D eigenvalue weighted by Gasteiger charge is -1.96. The molecule has 5 heteroatoms. The number of ether oxygens (including phenoxy) is 1. The molecule has 0 aliphatic heterocycles. The molecule has 16 heavy (non-hydrogen) atoms. The maximum Gasteiger partial charge on any atom is 0.357 e. The number of aromatic nitrogens is 1. The van der Waals surface area contributed by atoms with Gasteiger partial charge in [0.25, 0.3) is 0 Å². The summed E-state index contributed by atoms with van der Waals surface area (Å²) in [5.74, 6) is -0.337. The average Bonchev–Trinajstić information content (AvgIpc) is 2.90. The molecule has 0 amide bonds. The van der Waals surface area contributed by atoms with Gasteiger partial charge in [0.1, 0.15) is 0 Å². The maximum atomic E-state index is 11.4. The molecule has 0 aliphatic rings. The summed E-state index contributed by atoms with van der Waals surface area (Å²) >= 11 is 3.19. The first kappa shape index (κ1) is 11.3. The van der Waals surface area contributed by atoms with E-state index in [1.54, 1.807) is 23.6 Å². The van der Waals surface area contributed by atoms with Crippen molar-refractivity contribution in [3.05, 3.63) is 38.5 Å². The molecular formula is C11H11NO2S2. The van der Waals surface area contributed by atoms with Crippen molar-refractivity contribution in [2.24, 2.45) is 0 Å². The molecule has 3 nitrogen and oxygen atoms in total. The third-order valence-electron chi connectivity index (χ3n) is 1.94. The summed E-state index contributed by atoms with van der Waals surface area (Å²) in [5, 5.41) is 4.74. The molecule has 0 saturated heterocycles. The lowest BCUT2D eigenvalue weighted by Crippen LogP contribution is -2.05. The quantitative estimate of drug-likeness (QED) is 0.786. The highest BCUT2D eigenvalue weighted by atomic mass is 32.1. The zero-order valence-electron chi connectivity index (χ0n) is 8.80. The molecule has 2 aromatic rings. The zero-order chi connectivity index (χ0) is 11.4. The molecule has 0 unspecified atom stereocenters. The van der Waals surface area contributed by atoms with E-state index in [0.717, 1.165) is 11.4 Å². The molecule has 0 saturated carbocycles. The largest absolute Gasteiger partial charge is 0.461 e. The van der Waals surface area contributed by atoms with Gasteiger partial charge in [0.2, 0.25) is 0 Å². The first-order valence-corrected chi connectivity index (χ1v) is 6.69. The SMILES string of the molecule is CCOC(=O)c1csc(Cc2cccs2)n1. The van der Waals surface area contributed by atoms with Crippen LogP contribution in [-0.4, -0.2) is 17.6 Å². The van der Waals surface area contributed by atoms with E-state index in [-0.39, 0.29) is 5.97 Å². The lowest BCUT2D eigenvalue weighted by molar-refractivity contribution is 0.0520. The van der Waals surface area contributed by atoms with E-state index in [0.29, 0.717) is 12.3 Å². The van der Waals surface area contributed by atoms with Gasteiger partial charge in [0.05, 0.1) is 11.6 Å². The van der Waals surface area contributed by atoms with Gasteiger partial charge >= 0.3 is 5.97 Å². The predicted molar refractivity (Wildman–Crippen MR) is 65.2 cm³/mol. The monoisotopic (exact) mass is 253 g/mol. The number of hydrogen-bond acceptors (Lipinski definition) is 5. The van der Waals surface area contributed by atoms with E-state index in [4.69, 9.17) is 4.74 Å². The Balaban J connectivity index is 2.05. The molecule has 0 radical (unpaired) electrons. The number of carbonyl (C=O) groups excluding carboxylic acids is 1. The van der Waals surface area contributed by atoms with Gasteiger partial charge in [0.15, 0.2) is 5.69 Å². The fourth-order valence-electron chi connectivity index (χ4n) is 1.25. The summed E-state index contributed by atoms with van der Waals surface area (Å²) in [7, 11) is 0. The Morgan fingerprint density at radius 3 is 3.06 bits per heavy atom. The zero-order valence-corrected chi connectivity index (χ0v) is 10.4. The van der Waals surface area contributed by atoms with Crippen molar-refractivity contribution in [3.63, 3.8) is 0 Å². The number of esters is 1. The Morgan fingerprint density at radius 1 is 1.50 bits per heavy atom. The van der Waals surface area contributed by atoms with Crippen LogP contribution in [0.1, 0.15) is 27.3 Å². The minimum Gasteiger partial charge on any atom is -0.461 e. The molecular weight excluding hydrogens is 242 g/mol. The van der Waals surface area contributed by atoms with Gasteiger partial charge in [-0.25, -0.2) is 9.78 Å². The number of hydrogen-bond donors (Lipinski definition) is 0. The number of rotatable bonds is 4. The Hall–Kier alpha value is -1.20. The van der Waals surface area contributed by atoms with Gasteiger partial charge in [0, 0.05) is 16.7 Å². The molecule has 0 aromatic carbocycles. The first-order chi connectivity index (χ1) is 7.79. The number of thiophene rings is 1. The van der Waals surface area contributed by atoms with Crippen LogP contribution in [0.25, 0.3) is 0 Å². The second-order valence-electron chi connectivity index (χ2n) is 3.10. The summed E-state index contributed by atoms with van der Waals surface area (Å²) in [5.41, 5.74) is 0.415. The molecule has 0 atom stereocenters. The van der Waals surface area contributed by atoms with Crippen LogP contribution < -0.4 is 0 Å². The highest BCUT2D eigenvalue weighted by molar-refractivity contribution is 7.11. The Morgan fingerprint density at radius 2 is 2.38 bits per heavy atom. The van der Waals surface area contributed by atoms with Crippen molar-refractivity contribution in [2.75, 3.05) is 6.61 Å². The molecule has 2 aromatic heterocycles. The average molecular weight is 253 g/mol. The Bertz CT molecular complexity index is 462. The number of nitrogens with zero attached hydrogens (tertiary/aromatic N) is 1. The van der Waals surface area contributed by atoms with Crippen molar-refractivity contribution in [3.8, 4) is 0 Å². The number of carbonyl (C=O) groups is 1. The van der Waals surface area contributed by atoms with Crippen LogP contribution in [0.15, 0.2) is 22.9 Å². The van der Waals surface area contributed by atoms with Crippen LogP contribution in [0.4, 0.5) is 0 Å². The van der Waals surface area contributed by atoms with E-state index in [1.807, 2.05) is 11.4 Å². The second-order valence-corrected chi connectivity index (χ2v) is 5.08. The molecule has 0 fully saturated rings. The lowest BCUT2D eigenvalue weighted by atomic mass is 10.3. The smallest absolute Gasteiger partial charge is 0.357 e. The highest BCUT2D eigenvalue weighted by Crippen LogP contribution is 2.18. The normalized spacial score (nSPS) is 10.3. The van der Waals surface area contributed by atoms with E-state index in [2.05, 4.69) is 11.1 Å². The summed E-state index contributed by atoms with van der Waals surface area (Å²) in [4.78, 5) is 16.9. The van der Waals surface area contributed by atoms with Crippen LogP contribution in [0.2, 0.25) is 0 Å². The van der Waals surface area contributed by atoms with Gasteiger partial charge in [-0.15, -0.1) is 22.7 Å². The molecule has 0 aliphatic carbocycles. The van der Waals surface area contributed by atoms with E-state index in [1.165, 1.54) is 16.2 Å². The molecule has 0 spiro atoms. The van der Waals surface area contributed by atoms with Gasteiger partial charge in [-0.3, -0.25) is 0 Å². The van der Waals surface area contributed by atoms with Crippen molar-refractivity contribution in [1.82, 2.24) is 4.98 Å². The summed E-state index contributed by atoms with van der Waals surface area (Å²) in [6, 6.07) is 4.08. The van der Waals surface area contributed by atoms with E-state index < -0.39 is 0 Å². The second kappa shape index (κ2) is 5.23. The van der Waals surface area contributed by atoms with Crippen LogP contribution in [-0.2, 0) is 11.2 Å². The summed E-state index contributed by atoms with van der Waals surface area (Å²) in [6.07, 6.45) is 0.793. The number of thiazole rings is 1. The minimum atomic E-state index is -0.337. The first-order valence-electron chi connectivity index (χ1n) is 4.93. The highest BCUT2D eigenvalue weighted by Gasteiger charge is 2.11. The van der Waals surface area contributed by atoms with Gasteiger partial charge in [-0.1, -0.05) is 6.07 Å². The maximum absolute atomic E-state index is 11.4. The van der Waals surface area contributed by atoms with Crippen molar-refractivity contribution in [2.45, 2.75) is 13.3 Å². The molecule has 0 N–H and O–H groups in total. The fraction of sp³-hybridized carbons (Fsp3) is 0.273. The van der Waals surface area contributed by atoms with E-state index >= 15 is 0 Å². The van der Waals surface area contributed by atoms with Crippen molar-refractivity contribution in [1.29, 1.82) is 0 Å². The fourth-order valence-corrected chi connectivity index (χ4v) is 2.84. The Kier molecular flexibility index (Phi) is 3.69. The third-order valence-corrected chi connectivity index (χ3v) is 3.67. The van der Waals surface area contributed by atoms with Crippen LogP contribution >= 0.6 is 22.7 Å². The summed E-state index contributed by atoms with van der Waals surface area (Å²) < 4.78 is 4.88. The van der Waals surface area contributed by atoms with Gasteiger partial charge in [-0.2, -0.15) is 0 Å².